The van der Waals surface area contributed by atoms with Gasteiger partial charge in [0.15, 0.2) is 0 Å². The maximum Gasteiger partial charge on any atom is 0.309 e. The van der Waals surface area contributed by atoms with Gasteiger partial charge in [0.1, 0.15) is 6.61 Å². The number of ether oxygens (including phenoxy) is 1. The van der Waals surface area contributed by atoms with E-state index in [0.29, 0.717) is 0 Å². The van der Waals surface area contributed by atoms with E-state index in [1.807, 2.05) is 13.8 Å². The van der Waals surface area contributed by atoms with Gasteiger partial charge in [-0.1, -0.05) is 34.6 Å². The second-order valence-corrected chi connectivity index (χ2v) is 5.76. The third kappa shape index (κ3) is 7.70. The molecule has 98 valence electrons. The highest BCUT2D eigenvalue weighted by Gasteiger charge is 2.28. The van der Waals surface area contributed by atoms with E-state index in [2.05, 4.69) is 25.8 Å². The zero-order valence-corrected chi connectivity index (χ0v) is 11.4. The molecular formula is C13H23NO3. The van der Waals surface area contributed by atoms with E-state index in [-0.39, 0.29) is 36.4 Å². The van der Waals surface area contributed by atoms with Crippen LogP contribution < -0.4 is 0 Å². The molecule has 17 heavy (non-hydrogen) atoms. The topological polar surface area (TPSA) is 55.7 Å². The van der Waals surface area contributed by atoms with Crippen LogP contribution >= 0.6 is 0 Å². The zero-order valence-electron chi connectivity index (χ0n) is 11.4. The zero-order chi connectivity index (χ0) is 13.5. The minimum absolute atomic E-state index is 0.0922. The standard InChI is InChI=1S/C13H23NO3/c1-10(2)11(8-13(3,4)5)12(16)17-7-6-14-9-15/h10-11H,6-8H2,1-5H3. The Balaban J connectivity index is 4.30. The Morgan fingerprint density at radius 2 is 1.94 bits per heavy atom. The van der Waals surface area contributed by atoms with Gasteiger partial charge in [-0.05, 0) is 17.8 Å². The Bertz CT molecular complexity index is 286. The molecule has 0 radical (unpaired) electrons. The molecule has 4 heteroatoms. The number of nitrogens with zero attached hydrogens (tertiary/aromatic N) is 1. The molecule has 0 rings (SSSR count). The first-order chi connectivity index (χ1) is 7.78. The molecule has 0 fully saturated rings. The average molecular weight is 241 g/mol. The quantitative estimate of drug-likeness (QED) is 0.311. The van der Waals surface area contributed by atoms with E-state index in [1.54, 1.807) is 0 Å². The Kier molecular flexibility index (Phi) is 6.74. The monoisotopic (exact) mass is 241 g/mol. The normalized spacial score (nSPS) is 13.1. The van der Waals surface area contributed by atoms with Crippen LogP contribution in [-0.4, -0.2) is 25.2 Å². The smallest absolute Gasteiger partial charge is 0.309 e. The molecule has 1 unspecified atom stereocenters. The van der Waals surface area contributed by atoms with Crippen LogP contribution in [0.1, 0.15) is 41.0 Å². The van der Waals surface area contributed by atoms with Gasteiger partial charge in [-0.15, -0.1) is 0 Å². The van der Waals surface area contributed by atoms with Crippen LogP contribution in [0.15, 0.2) is 4.99 Å². The molecule has 1 atom stereocenters. The van der Waals surface area contributed by atoms with E-state index >= 15 is 0 Å². The molecule has 0 spiro atoms. The van der Waals surface area contributed by atoms with Gasteiger partial charge in [0, 0.05) is 0 Å². The van der Waals surface area contributed by atoms with E-state index in [4.69, 9.17) is 4.74 Å². The van der Waals surface area contributed by atoms with Crippen molar-refractivity contribution in [3.63, 3.8) is 0 Å². The fraction of sp³-hybridized carbons (Fsp3) is 0.846. The highest BCUT2D eigenvalue weighted by Crippen LogP contribution is 2.29. The summed E-state index contributed by atoms with van der Waals surface area (Å²) in [6, 6.07) is 0. The lowest BCUT2D eigenvalue weighted by atomic mass is 9.80. The van der Waals surface area contributed by atoms with E-state index in [0.717, 1.165) is 6.42 Å². The number of hydrogen-bond donors (Lipinski definition) is 0. The van der Waals surface area contributed by atoms with Crippen molar-refractivity contribution in [1.29, 1.82) is 0 Å². The van der Waals surface area contributed by atoms with Gasteiger partial charge in [-0.25, -0.2) is 9.79 Å². The maximum atomic E-state index is 11.9. The van der Waals surface area contributed by atoms with Crippen LogP contribution in [-0.2, 0) is 14.3 Å². The van der Waals surface area contributed by atoms with Gasteiger partial charge in [0.25, 0.3) is 0 Å². The third-order valence-corrected chi connectivity index (χ3v) is 2.45. The number of carbonyl (C=O) groups excluding carboxylic acids is 2. The molecule has 0 saturated carbocycles. The first-order valence-corrected chi connectivity index (χ1v) is 5.98. The SMILES string of the molecule is CC(C)C(CC(C)(C)C)C(=O)OCCN=C=O. The van der Waals surface area contributed by atoms with Crippen molar-refractivity contribution >= 4 is 12.0 Å². The number of aliphatic imine (C=N–C) groups is 1. The summed E-state index contributed by atoms with van der Waals surface area (Å²) < 4.78 is 5.10. The summed E-state index contributed by atoms with van der Waals surface area (Å²) in [7, 11) is 0. The van der Waals surface area contributed by atoms with E-state index < -0.39 is 0 Å². The van der Waals surface area contributed by atoms with Gasteiger partial charge < -0.3 is 4.74 Å². The fourth-order valence-corrected chi connectivity index (χ4v) is 1.60. The lowest BCUT2D eigenvalue weighted by Crippen LogP contribution is -2.28. The van der Waals surface area contributed by atoms with Crippen LogP contribution in [0, 0.1) is 17.3 Å². The van der Waals surface area contributed by atoms with Crippen molar-refractivity contribution in [2.45, 2.75) is 41.0 Å². The Morgan fingerprint density at radius 3 is 2.35 bits per heavy atom. The van der Waals surface area contributed by atoms with Gasteiger partial charge in [0.05, 0.1) is 12.5 Å². The Morgan fingerprint density at radius 1 is 1.35 bits per heavy atom. The number of isocyanates is 1. The largest absolute Gasteiger partial charge is 0.463 e. The maximum absolute atomic E-state index is 11.9. The van der Waals surface area contributed by atoms with Crippen molar-refractivity contribution in [2.24, 2.45) is 22.2 Å². The van der Waals surface area contributed by atoms with Crippen LogP contribution in [0.25, 0.3) is 0 Å². The molecule has 0 aromatic heterocycles. The minimum Gasteiger partial charge on any atom is -0.463 e. The van der Waals surface area contributed by atoms with Crippen molar-refractivity contribution in [2.75, 3.05) is 13.2 Å². The van der Waals surface area contributed by atoms with Gasteiger partial charge in [-0.2, -0.15) is 0 Å². The molecule has 0 aromatic rings. The molecule has 0 aliphatic heterocycles. The molecule has 0 aliphatic rings. The van der Waals surface area contributed by atoms with Crippen LogP contribution in [0.2, 0.25) is 0 Å². The van der Waals surface area contributed by atoms with Crippen LogP contribution in [0.4, 0.5) is 0 Å². The highest BCUT2D eigenvalue weighted by atomic mass is 16.5. The molecule has 0 amide bonds. The minimum atomic E-state index is -0.198. The molecule has 4 nitrogen and oxygen atoms in total. The average Bonchev–Trinajstić information content (AvgIpc) is 2.19. The number of esters is 1. The lowest BCUT2D eigenvalue weighted by molar-refractivity contribution is -0.151. The molecule has 0 aliphatic carbocycles. The number of hydrogen-bond acceptors (Lipinski definition) is 4. The Labute approximate surface area is 103 Å². The number of rotatable bonds is 6. The van der Waals surface area contributed by atoms with Gasteiger partial charge in [-0.3, -0.25) is 4.79 Å². The van der Waals surface area contributed by atoms with Crippen molar-refractivity contribution in [1.82, 2.24) is 0 Å². The second-order valence-electron chi connectivity index (χ2n) is 5.76. The summed E-state index contributed by atoms with van der Waals surface area (Å²) in [4.78, 5) is 25.1. The van der Waals surface area contributed by atoms with Crippen molar-refractivity contribution in [3.05, 3.63) is 0 Å². The molecular weight excluding hydrogens is 218 g/mol. The fourth-order valence-electron chi connectivity index (χ4n) is 1.60. The predicted octanol–water partition coefficient (Wildman–Crippen LogP) is 2.57. The summed E-state index contributed by atoms with van der Waals surface area (Å²) in [5.41, 5.74) is 0.0922. The van der Waals surface area contributed by atoms with E-state index in [9.17, 15) is 9.59 Å². The summed E-state index contributed by atoms with van der Waals surface area (Å²) in [6.07, 6.45) is 2.21. The molecule has 0 heterocycles. The lowest BCUT2D eigenvalue weighted by Gasteiger charge is -2.27. The first-order valence-electron chi connectivity index (χ1n) is 5.98. The van der Waals surface area contributed by atoms with E-state index in [1.165, 1.54) is 6.08 Å². The summed E-state index contributed by atoms with van der Waals surface area (Å²) in [5, 5.41) is 0. The number of carbonyl (C=O) groups is 1. The Hall–Kier alpha value is -1.15. The summed E-state index contributed by atoms with van der Waals surface area (Å²) in [5.74, 6) is -0.0532. The van der Waals surface area contributed by atoms with Gasteiger partial charge >= 0.3 is 5.97 Å². The van der Waals surface area contributed by atoms with Crippen molar-refractivity contribution in [3.8, 4) is 0 Å². The summed E-state index contributed by atoms with van der Waals surface area (Å²) in [6.45, 7) is 10.7. The van der Waals surface area contributed by atoms with Gasteiger partial charge in [0.2, 0.25) is 6.08 Å². The summed E-state index contributed by atoms with van der Waals surface area (Å²) >= 11 is 0. The molecule has 0 N–H and O–H groups in total. The highest BCUT2D eigenvalue weighted by molar-refractivity contribution is 5.72. The molecule has 0 saturated heterocycles. The second kappa shape index (κ2) is 7.23. The van der Waals surface area contributed by atoms with Crippen LogP contribution in [0.5, 0.6) is 0 Å². The predicted molar refractivity (Wildman–Crippen MR) is 66.3 cm³/mol. The molecule has 0 bridgehead atoms. The third-order valence-electron chi connectivity index (χ3n) is 2.45. The van der Waals surface area contributed by atoms with Crippen LogP contribution in [0.3, 0.4) is 0 Å². The van der Waals surface area contributed by atoms with Crippen molar-refractivity contribution < 1.29 is 14.3 Å². The first kappa shape index (κ1) is 15.9. The molecule has 0 aromatic carbocycles.